The fourth-order valence-corrected chi connectivity index (χ4v) is 2.99. The van der Waals surface area contributed by atoms with Crippen molar-refractivity contribution in [1.82, 2.24) is 0 Å². The molecule has 1 saturated heterocycles. The van der Waals surface area contributed by atoms with E-state index in [9.17, 15) is 19.2 Å². The van der Waals surface area contributed by atoms with Gasteiger partial charge in [0.25, 0.3) is 0 Å². The minimum Gasteiger partial charge on any atom is -0.462 e. The summed E-state index contributed by atoms with van der Waals surface area (Å²) in [6.45, 7) is 23.4. The van der Waals surface area contributed by atoms with Gasteiger partial charge < -0.3 is 28.4 Å². The molecule has 5 atom stereocenters. The van der Waals surface area contributed by atoms with Gasteiger partial charge in [-0.15, -0.1) is 6.58 Å². The molecule has 1 aliphatic heterocycles. The van der Waals surface area contributed by atoms with Gasteiger partial charge in [0.15, 0.2) is 24.6 Å². The largest absolute Gasteiger partial charge is 0.462 e. The van der Waals surface area contributed by atoms with Crippen molar-refractivity contribution in [1.29, 1.82) is 0 Å². The minimum atomic E-state index is -1.34. The highest BCUT2D eigenvalue weighted by Crippen LogP contribution is 2.34. The monoisotopic (exact) mass is 556 g/mol. The van der Waals surface area contributed by atoms with Crippen LogP contribution in [0.2, 0.25) is 0 Å². The zero-order valence-corrected chi connectivity index (χ0v) is 25.7. The normalized spacial score (nSPS) is 24.4. The van der Waals surface area contributed by atoms with Gasteiger partial charge in [0.2, 0.25) is 0 Å². The van der Waals surface area contributed by atoms with Crippen LogP contribution < -0.4 is 0 Å². The van der Waals surface area contributed by atoms with E-state index in [1.807, 2.05) is 0 Å². The molecule has 0 aromatic heterocycles. The van der Waals surface area contributed by atoms with E-state index in [4.69, 9.17) is 28.4 Å². The molecule has 0 amide bonds. The van der Waals surface area contributed by atoms with Crippen molar-refractivity contribution in [2.45, 2.75) is 114 Å². The number of ether oxygens (including phenoxy) is 6. The smallest absolute Gasteiger partial charge is 0.311 e. The lowest BCUT2D eigenvalue weighted by molar-refractivity contribution is -0.310. The van der Waals surface area contributed by atoms with E-state index in [1.165, 1.54) is 6.08 Å². The van der Waals surface area contributed by atoms with Crippen LogP contribution in [0.4, 0.5) is 0 Å². The molecule has 1 rings (SSSR count). The van der Waals surface area contributed by atoms with Gasteiger partial charge in [0.1, 0.15) is 12.7 Å². The van der Waals surface area contributed by atoms with Crippen molar-refractivity contribution in [2.75, 3.05) is 13.2 Å². The average Bonchev–Trinajstić information content (AvgIpc) is 2.76. The summed E-state index contributed by atoms with van der Waals surface area (Å²) in [6, 6.07) is 0. The van der Waals surface area contributed by atoms with Gasteiger partial charge in [0.05, 0.1) is 28.3 Å². The van der Waals surface area contributed by atoms with E-state index in [2.05, 4.69) is 6.58 Å². The van der Waals surface area contributed by atoms with E-state index in [-0.39, 0.29) is 13.2 Å². The Morgan fingerprint density at radius 1 is 0.641 bits per heavy atom. The highest BCUT2D eigenvalue weighted by molar-refractivity contribution is 5.78. The third kappa shape index (κ3) is 10.2. The van der Waals surface area contributed by atoms with E-state index < -0.39 is 76.2 Å². The minimum absolute atomic E-state index is 0.00904. The average molecular weight is 557 g/mol. The van der Waals surface area contributed by atoms with Gasteiger partial charge in [-0.2, -0.15) is 0 Å². The fraction of sp³-hybridized carbons (Fsp3) is 0.793. The van der Waals surface area contributed by atoms with Gasteiger partial charge in [-0.05, 0) is 83.1 Å². The molecule has 0 aromatic rings. The lowest BCUT2D eigenvalue weighted by atomic mass is 9.93. The Kier molecular flexibility index (Phi) is 11.4. The van der Waals surface area contributed by atoms with E-state index in [0.717, 1.165) is 0 Å². The topological polar surface area (TPSA) is 124 Å². The van der Waals surface area contributed by atoms with Crippen LogP contribution in [0, 0.1) is 21.7 Å². The molecule has 1 fully saturated rings. The number of hydrogen-bond acceptors (Lipinski definition) is 10. The lowest BCUT2D eigenvalue weighted by Gasteiger charge is -2.45. The van der Waals surface area contributed by atoms with Crippen LogP contribution in [0.25, 0.3) is 0 Å². The molecular formula is C29H48O10. The number of carbonyl (C=O) groups is 4. The molecular weight excluding hydrogens is 508 g/mol. The molecule has 1 aliphatic rings. The van der Waals surface area contributed by atoms with Crippen molar-refractivity contribution in [2.24, 2.45) is 21.7 Å². The van der Waals surface area contributed by atoms with Crippen molar-refractivity contribution in [3.63, 3.8) is 0 Å². The summed E-state index contributed by atoms with van der Waals surface area (Å²) in [6.07, 6.45) is -4.83. The van der Waals surface area contributed by atoms with Gasteiger partial charge in [-0.3, -0.25) is 19.2 Å². The summed E-state index contributed by atoms with van der Waals surface area (Å²) >= 11 is 0. The first-order chi connectivity index (χ1) is 17.5. The number of hydrogen-bond donors (Lipinski definition) is 0. The maximum absolute atomic E-state index is 13.1. The predicted molar refractivity (Wildman–Crippen MR) is 143 cm³/mol. The van der Waals surface area contributed by atoms with Crippen molar-refractivity contribution >= 4 is 23.9 Å². The van der Waals surface area contributed by atoms with E-state index in [0.29, 0.717) is 0 Å². The molecule has 0 aromatic carbocycles. The summed E-state index contributed by atoms with van der Waals surface area (Å²) in [4.78, 5) is 51.8. The molecule has 10 nitrogen and oxygen atoms in total. The zero-order valence-electron chi connectivity index (χ0n) is 25.7. The predicted octanol–water partition coefficient (Wildman–Crippen LogP) is 4.38. The van der Waals surface area contributed by atoms with Gasteiger partial charge >= 0.3 is 23.9 Å². The molecule has 10 heteroatoms. The fourth-order valence-electron chi connectivity index (χ4n) is 2.99. The number of esters is 4. The Bertz CT molecular complexity index is 895. The second-order valence-corrected chi connectivity index (χ2v) is 13.9. The van der Waals surface area contributed by atoms with Crippen LogP contribution in [0.3, 0.4) is 0 Å². The van der Waals surface area contributed by atoms with Crippen LogP contribution in [0.15, 0.2) is 12.7 Å². The van der Waals surface area contributed by atoms with Crippen molar-refractivity contribution in [3.8, 4) is 0 Å². The standard InChI is InChI=1S/C29H48O10/c1-14-15-34-21-20(39-25(33)29(11,12)13)19(38-24(32)28(8,9)10)18(37-23(31)27(5,6)7)17(36-21)16-35-22(30)26(2,3)4/h14,17-21H,1,15-16H2,2-13H3/t17?,18-,19?,20?,21+/m0/s1. The Morgan fingerprint density at radius 2 is 1.03 bits per heavy atom. The van der Waals surface area contributed by atoms with E-state index >= 15 is 0 Å². The number of carbonyl (C=O) groups excluding carboxylic acids is 4. The van der Waals surface area contributed by atoms with Crippen LogP contribution in [0.1, 0.15) is 83.1 Å². The molecule has 1 heterocycles. The van der Waals surface area contributed by atoms with Gasteiger partial charge in [0, 0.05) is 0 Å². The quantitative estimate of drug-likeness (QED) is 0.242. The van der Waals surface area contributed by atoms with Gasteiger partial charge in [-0.1, -0.05) is 6.08 Å². The first kappa shape index (κ1) is 34.6. The van der Waals surface area contributed by atoms with Crippen LogP contribution >= 0.6 is 0 Å². The molecule has 0 bridgehead atoms. The maximum atomic E-state index is 13.1. The maximum Gasteiger partial charge on any atom is 0.311 e. The van der Waals surface area contributed by atoms with Gasteiger partial charge in [-0.25, -0.2) is 0 Å². The van der Waals surface area contributed by atoms with Crippen LogP contribution in [-0.2, 0) is 47.6 Å². The molecule has 0 radical (unpaired) electrons. The van der Waals surface area contributed by atoms with Crippen molar-refractivity contribution < 1.29 is 47.6 Å². The highest BCUT2D eigenvalue weighted by Gasteiger charge is 2.55. The zero-order chi connectivity index (χ0) is 30.6. The molecule has 3 unspecified atom stereocenters. The third-order valence-corrected chi connectivity index (χ3v) is 5.53. The first-order valence-corrected chi connectivity index (χ1v) is 13.2. The van der Waals surface area contributed by atoms with Crippen molar-refractivity contribution in [3.05, 3.63) is 12.7 Å². The summed E-state index contributed by atoms with van der Waals surface area (Å²) in [5.41, 5.74) is -3.60. The molecule has 224 valence electrons. The lowest BCUT2D eigenvalue weighted by Crippen LogP contribution is -2.64. The Hall–Kier alpha value is -2.46. The summed E-state index contributed by atoms with van der Waals surface area (Å²) in [5.74, 6) is -2.37. The molecule has 0 saturated carbocycles. The second-order valence-electron chi connectivity index (χ2n) is 13.9. The van der Waals surface area contributed by atoms with Crippen LogP contribution in [-0.4, -0.2) is 67.8 Å². The summed E-state index contributed by atoms with van der Waals surface area (Å²) in [5, 5.41) is 0. The molecule has 39 heavy (non-hydrogen) atoms. The first-order valence-electron chi connectivity index (χ1n) is 13.2. The molecule has 0 N–H and O–H groups in total. The Morgan fingerprint density at radius 3 is 1.41 bits per heavy atom. The summed E-state index contributed by atoms with van der Waals surface area (Å²) in [7, 11) is 0. The Balaban J connectivity index is 3.67. The summed E-state index contributed by atoms with van der Waals surface area (Å²) < 4.78 is 35.0. The van der Waals surface area contributed by atoms with E-state index in [1.54, 1.807) is 83.1 Å². The Labute approximate surface area is 233 Å². The SMILES string of the molecule is C=CCO[C@@H]1OC(COC(=O)C(C)(C)C)[C@H](OC(=O)C(C)(C)C)C(OC(=O)C(C)(C)C)C1OC(=O)C(C)(C)C. The van der Waals surface area contributed by atoms with Crippen LogP contribution in [0.5, 0.6) is 0 Å². The molecule has 0 spiro atoms. The second kappa shape index (κ2) is 12.8. The molecule has 0 aliphatic carbocycles. The third-order valence-electron chi connectivity index (χ3n) is 5.53. The number of rotatable bonds is 8. The highest BCUT2D eigenvalue weighted by atomic mass is 16.7.